The van der Waals surface area contributed by atoms with E-state index in [-0.39, 0.29) is 11.9 Å². The van der Waals surface area contributed by atoms with Gasteiger partial charge in [-0.05, 0) is 37.1 Å². The third-order valence-electron chi connectivity index (χ3n) is 4.98. The zero-order valence-electron chi connectivity index (χ0n) is 14.8. The van der Waals surface area contributed by atoms with Crippen molar-refractivity contribution in [3.05, 3.63) is 65.8 Å². The lowest BCUT2D eigenvalue weighted by Gasteiger charge is -2.24. The molecule has 1 fully saturated rings. The van der Waals surface area contributed by atoms with Crippen molar-refractivity contribution in [1.82, 2.24) is 25.1 Å². The van der Waals surface area contributed by atoms with Crippen molar-refractivity contribution < 1.29 is 4.39 Å². The molecule has 1 saturated heterocycles. The molecule has 0 saturated carbocycles. The number of likely N-dealkylation sites (tertiary alicyclic amines) is 1. The van der Waals surface area contributed by atoms with Crippen molar-refractivity contribution in [3.8, 4) is 11.1 Å². The number of nitrogens with one attached hydrogen (secondary N) is 1. The van der Waals surface area contributed by atoms with Gasteiger partial charge in [-0.3, -0.25) is 10.00 Å². The van der Waals surface area contributed by atoms with Crippen LogP contribution in [0.1, 0.15) is 42.9 Å². The van der Waals surface area contributed by atoms with Crippen LogP contribution in [0.2, 0.25) is 0 Å². The second kappa shape index (κ2) is 7.33. The summed E-state index contributed by atoms with van der Waals surface area (Å²) in [7, 11) is 0. The van der Waals surface area contributed by atoms with E-state index in [0.717, 1.165) is 60.6 Å². The van der Waals surface area contributed by atoms with E-state index in [2.05, 4.69) is 32.0 Å². The molecule has 3 aromatic rings. The molecule has 26 heavy (non-hydrogen) atoms. The smallest absolute Gasteiger partial charge is 0.127 e. The van der Waals surface area contributed by atoms with Gasteiger partial charge in [0, 0.05) is 36.5 Å². The van der Waals surface area contributed by atoms with E-state index in [0.29, 0.717) is 0 Å². The van der Waals surface area contributed by atoms with Crippen LogP contribution in [0.15, 0.2) is 42.9 Å². The third-order valence-corrected chi connectivity index (χ3v) is 4.98. The van der Waals surface area contributed by atoms with Gasteiger partial charge < -0.3 is 0 Å². The molecule has 1 N–H and O–H groups in total. The highest BCUT2D eigenvalue weighted by molar-refractivity contribution is 5.65. The van der Waals surface area contributed by atoms with E-state index in [9.17, 15) is 4.39 Å². The Hall–Kier alpha value is -2.60. The Morgan fingerprint density at radius 2 is 1.92 bits per heavy atom. The Morgan fingerprint density at radius 3 is 2.65 bits per heavy atom. The Kier molecular flexibility index (Phi) is 4.75. The van der Waals surface area contributed by atoms with Crippen LogP contribution < -0.4 is 0 Å². The number of nitrogens with zero attached hydrogens (tertiary/aromatic N) is 4. The summed E-state index contributed by atoms with van der Waals surface area (Å²) in [6.07, 6.45) is 8.74. The summed E-state index contributed by atoms with van der Waals surface area (Å²) in [5, 5.41) is 7.44. The maximum Gasteiger partial charge on any atom is 0.127 e. The van der Waals surface area contributed by atoms with Gasteiger partial charge in [0.25, 0.3) is 0 Å². The van der Waals surface area contributed by atoms with E-state index < -0.39 is 0 Å². The van der Waals surface area contributed by atoms with Crippen LogP contribution >= 0.6 is 0 Å². The van der Waals surface area contributed by atoms with Crippen molar-refractivity contribution >= 4 is 0 Å². The normalized spacial score (nSPS) is 17.7. The van der Waals surface area contributed by atoms with Crippen molar-refractivity contribution in [2.24, 2.45) is 0 Å². The zero-order chi connectivity index (χ0) is 17.9. The Morgan fingerprint density at radius 1 is 1.15 bits per heavy atom. The molecule has 0 bridgehead atoms. The molecule has 1 atom stereocenters. The molecule has 1 aliphatic heterocycles. The Balaban J connectivity index is 1.57. The lowest BCUT2D eigenvalue weighted by molar-refractivity contribution is 0.244. The summed E-state index contributed by atoms with van der Waals surface area (Å²) in [5.41, 5.74) is 4.24. The van der Waals surface area contributed by atoms with Crippen LogP contribution in [0.25, 0.3) is 11.1 Å². The van der Waals surface area contributed by atoms with Gasteiger partial charge in [-0.15, -0.1) is 0 Å². The number of hydrogen-bond donors (Lipinski definition) is 1. The second-order valence-electron chi connectivity index (χ2n) is 6.69. The number of aromatic amines is 1. The molecule has 1 aromatic carbocycles. The van der Waals surface area contributed by atoms with Gasteiger partial charge in [0.1, 0.15) is 11.6 Å². The number of halogens is 1. The van der Waals surface area contributed by atoms with Crippen LogP contribution in [0.3, 0.4) is 0 Å². The number of H-pyrrole nitrogens is 1. The van der Waals surface area contributed by atoms with E-state index in [4.69, 9.17) is 0 Å². The molecule has 0 aliphatic carbocycles. The molecule has 0 radical (unpaired) electrons. The topological polar surface area (TPSA) is 57.7 Å². The highest BCUT2D eigenvalue weighted by atomic mass is 19.1. The minimum atomic E-state index is -0.225. The maximum absolute atomic E-state index is 13.2. The zero-order valence-corrected chi connectivity index (χ0v) is 14.8. The van der Waals surface area contributed by atoms with Gasteiger partial charge in [-0.25, -0.2) is 14.4 Å². The first-order valence-electron chi connectivity index (χ1n) is 9.07. The summed E-state index contributed by atoms with van der Waals surface area (Å²) in [6, 6.07) is 6.86. The monoisotopic (exact) mass is 351 g/mol. The Bertz CT molecular complexity index is 857. The van der Waals surface area contributed by atoms with Gasteiger partial charge in [0.2, 0.25) is 0 Å². The van der Waals surface area contributed by atoms with E-state index in [1.54, 1.807) is 12.1 Å². The van der Waals surface area contributed by atoms with Crippen LogP contribution in [-0.4, -0.2) is 31.6 Å². The number of aryl methyl sites for hydroxylation is 1. The highest BCUT2D eigenvalue weighted by Crippen LogP contribution is 2.37. The molecule has 3 heterocycles. The maximum atomic E-state index is 13.2. The van der Waals surface area contributed by atoms with E-state index in [1.165, 1.54) is 12.1 Å². The number of rotatable bonds is 5. The molecular weight excluding hydrogens is 329 g/mol. The second-order valence-corrected chi connectivity index (χ2v) is 6.69. The Labute approximate surface area is 152 Å². The molecular formula is C20H22FN5. The van der Waals surface area contributed by atoms with Gasteiger partial charge in [-0.1, -0.05) is 19.1 Å². The number of aromatic nitrogens is 4. The van der Waals surface area contributed by atoms with Gasteiger partial charge in [-0.2, -0.15) is 5.10 Å². The fraction of sp³-hybridized carbons (Fsp3) is 0.350. The summed E-state index contributed by atoms with van der Waals surface area (Å²) >= 11 is 0. The van der Waals surface area contributed by atoms with Gasteiger partial charge >= 0.3 is 0 Å². The lowest BCUT2D eigenvalue weighted by atomic mass is 10.0. The first-order chi connectivity index (χ1) is 12.7. The largest absolute Gasteiger partial charge is 0.290 e. The van der Waals surface area contributed by atoms with Crippen LogP contribution in [0.4, 0.5) is 4.39 Å². The van der Waals surface area contributed by atoms with Crippen LogP contribution in [0.5, 0.6) is 0 Å². The molecule has 2 aromatic heterocycles. The van der Waals surface area contributed by atoms with Crippen molar-refractivity contribution in [1.29, 1.82) is 0 Å². The van der Waals surface area contributed by atoms with Crippen molar-refractivity contribution in [3.63, 3.8) is 0 Å². The molecule has 134 valence electrons. The molecule has 0 amide bonds. The molecule has 0 unspecified atom stereocenters. The molecule has 1 aliphatic rings. The standard InChI is InChI=1S/C20H22FN5/c1-2-19-22-10-14(11-23-19)13-26-9-3-4-18(26)20-17(12-24-25-20)15-5-7-16(21)8-6-15/h5-8,10-12,18H,2-4,9,13H2,1H3,(H,24,25)/t18-/m1/s1. The van der Waals surface area contributed by atoms with Crippen molar-refractivity contribution in [2.75, 3.05) is 6.54 Å². The fourth-order valence-electron chi connectivity index (χ4n) is 3.63. The van der Waals surface area contributed by atoms with Crippen LogP contribution in [0, 0.1) is 5.82 Å². The summed E-state index contributed by atoms with van der Waals surface area (Å²) in [4.78, 5) is 11.2. The average Bonchev–Trinajstić information content (AvgIpc) is 3.32. The van der Waals surface area contributed by atoms with Crippen molar-refractivity contribution in [2.45, 2.75) is 38.8 Å². The first-order valence-corrected chi connectivity index (χ1v) is 9.07. The van der Waals surface area contributed by atoms with Crippen LogP contribution in [-0.2, 0) is 13.0 Å². The third kappa shape index (κ3) is 3.37. The lowest BCUT2D eigenvalue weighted by Crippen LogP contribution is -2.23. The summed E-state index contributed by atoms with van der Waals surface area (Å²) in [5.74, 6) is 0.649. The van der Waals surface area contributed by atoms with E-state index >= 15 is 0 Å². The van der Waals surface area contributed by atoms with Gasteiger partial charge in [0.05, 0.1) is 17.9 Å². The average molecular weight is 351 g/mol. The quantitative estimate of drug-likeness (QED) is 0.757. The van der Waals surface area contributed by atoms with Gasteiger partial charge in [0.15, 0.2) is 0 Å². The van der Waals surface area contributed by atoms with E-state index in [1.807, 2.05) is 18.6 Å². The predicted octanol–water partition coefficient (Wildman–Crippen LogP) is 3.91. The minimum absolute atomic E-state index is 0.225. The summed E-state index contributed by atoms with van der Waals surface area (Å²) in [6.45, 7) is 3.90. The SMILES string of the molecule is CCc1ncc(CN2CCC[C@@H]2c2[nH]ncc2-c2ccc(F)cc2)cn1. The number of hydrogen-bond acceptors (Lipinski definition) is 4. The molecule has 6 heteroatoms. The first kappa shape index (κ1) is 16.8. The highest BCUT2D eigenvalue weighted by Gasteiger charge is 2.29. The molecule has 4 rings (SSSR count). The summed E-state index contributed by atoms with van der Waals surface area (Å²) < 4.78 is 13.2. The predicted molar refractivity (Wildman–Crippen MR) is 97.8 cm³/mol. The fourth-order valence-corrected chi connectivity index (χ4v) is 3.63. The molecule has 0 spiro atoms. The minimum Gasteiger partial charge on any atom is -0.290 e. The molecule has 5 nitrogen and oxygen atoms in total. The number of benzene rings is 1.